The van der Waals surface area contributed by atoms with Crippen molar-refractivity contribution in [3.8, 4) is 57.5 Å². The molecule has 412 valence electrons. The molecule has 20 bridgehead atoms. The Labute approximate surface area is 470 Å². The second-order valence-corrected chi connectivity index (χ2v) is 21.7. The van der Waals surface area contributed by atoms with E-state index >= 15 is 0 Å². The Balaban J connectivity index is 1.19. The summed E-state index contributed by atoms with van der Waals surface area (Å²) in [6.07, 6.45) is 5.89. The predicted molar refractivity (Wildman–Crippen MR) is 312 cm³/mol. The van der Waals surface area contributed by atoms with Gasteiger partial charge in [-0.1, -0.05) is 100 Å². The highest BCUT2D eigenvalue weighted by Gasteiger charge is 2.26. The molecule has 8 aromatic rings. The van der Waals surface area contributed by atoms with Gasteiger partial charge in [-0.15, -0.1) is 0 Å². The molecule has 0 fully saturated rings. The van der Waals surface area contributed by atoms with Crippen LogP contribution in [0.1, 0.15) is 154 Å². The van der Waals surface area contributed by atoms with Crippen molar-refractivity contribution < 1.29 is 48.8 Å². The second kappa shape index (κ2) is 24.0. The molecule has 4 N–H and O–H groups in total. The zero-order valence-corrected chi connectivity index (χ0v) is 46.5. The van der Waals surface area contributed by atoms with Crippen LogP contribution >= 0.6 is 0 Å². The van der Waals surface area contributed by atoms with Gasteiger partial charge in [0.25, 0.3) is 0 Å². The monoisotopic (exact) mass is 1070 g/mol. The smallest absolute Gasteiger partial charge is 0.126 e. The summed E-state index contributed by atoms with van der Waals surface area (Å²) in [6, 6.07) is 40.3. The van der Waals surface area contributed by atoms with E-state index in [1.807, 2.05) is 97.1 Å². The molecule has 12 rings (SSSR count). The molecular weight excluding hydrogens is 1000 g/mol. The molecule has 10 nitrogen and oxygen atoms in total. The van der Waals surface area contributed by atoms with Gasteiger partial charge < -0.3 is 48.8 Å². The summed E-state index contributed by atoms with van der Waals surface area (Å²) in [6.45, 7) is 10.6. The second-order valence-electron chi connectivity index (χ2n) is 21.7. The maximum Gasteiger partial charge on any atom is 0.126 e. The zero-order chi connectivity index (χ0) is 55.3. The number of rotatable bonds is 12. The van der Waals surface area contributed by atoms with E-state index in [1.54, 1.807) is 0 Å². The molecule has 2 aliphatic heterocycles. The molecule has 2 heterocycles. The largest absolute Gasteiger partial charge is 0.507 e. The summed E-state index contributed by atoms with van der Waals surface area (Å²) in [5.41, 5.74) is 14.5. The minimum absolute atomic E-state index is 0.172. The Bertz CT molecular complexity index is 2930. The number of aromatic hydroxyl groups is 4. The Kier molecular flexibility index (Phi) is 16.1. The van der Waals surface area contributed by atoms with Gasteiger partial charge in [0.15, 0.2) is 0 Å². The van der Waals surface area contributed by atoms with Crippen LogP contribution in [0.25, 0.3) is 0 Å². The first kappa shape index (κ1) is 53.7. The lowest BCUT2D eigenvalue weighted by atomic mass is 9.90. The van der Waals surface area contributed by atoms with Gasteiger partial charge in [-0.3, -0.25) is 0 Å². The fourth-order valence-electron chi connectivity index (χ4n) is 11.7. The third-order valence-corrected chi connectivity index (χ3v) is 15.5. The van der Waals surface area contributed by atoms with Crippen molar-refractivity contribution in [2.24, 2.45) is 0 Å². The van der Waals surface area contributed by atoms with Gasteiger partial charge in [-0.05, 0) is 152 Å². The van der Waals surface area contributed by atoms with Crippen LogP contribution in [-0.4, -0.2) is 46.9 Å². The molecule has 0 atom stereocenters. The van der Waals surface area contributed by atoms with Gasteiger partial charge in [-0.2, -0.15) is 0 Å². The fourth-order valence-corrected chi connectivity index (χ4v) is 11.7. The van der Waals surface area contributed by atoms with E-state index in [1.165, 1.54) is 0 Å². The van der Waals surface area contributed by atoms with Crippen molar-refractivity contribution in [3.05, 3.63) is 221 Å². The van der Waals surface area contributed by atoms with Crippen molar-refractivity contribution in [2.75, 3.05) is 26.4 Å². The lowest BCUT2D eigenvalue weighted by Crippen LogP contribution is -2.10. The van der Waals surface area contributed by atoms with Crippen molar-refractivity contribution in [3.63, 3.8) is 0 Å². The molecule has 8 aromatic carbocycles. The van der Waals surface area contributed by atoms with Crippen LogP contribution in [0.2, 0.25) is 0 Å². The number of benzene rings is 8. The number of hydrogen-bond acceptors (Lipinski definition) is 10. The third-order valence-electron chi connectivity index (χ3n) is 15.5. The number of para-hydroxylation sites is 4. The highest BCUT2D eigenvalue weighted by atomic mass is 16.5. The summed E-state index contributed by atoms with van der Waals surface area (Å²) in [4.78, 5) is 0. The van der Waals surface area contributed by atoms with Crippen LogP contribution in [0.4, 0.5) is 0 Å². The third kappa shape index (κ3) is 11.4. The van der Waals surface area contributed by atoms with Crippen LogP contribution < -0.4 is 28.4 Å². The van der Waals surface area contributed by atoms with Crippen LogP contribution in [-0.2, 0) is 64.6 Å². The van der Waals surface area contributed by atoms with Gasteiger partial charge in [0.2, 0.25) is 0 Å². The molecule has 0 spiro atoms. The number of hydrogen-bond donors (Lipinski definition) is 4. The lowest BCUT2D eigenvalue weighted by Gasteiger charge is -2.23. The molecule has 2 aliphatic carbocycles. The minimum Gasteiger partial charge on any atom is -0.507 e. The number of fused-ring (bicyclic) bond motifs is 2. The summed E-state index contributed by atoms with van der Waals surface area (Å²) in [5, 5.41) is 49.8. The zero-order valence-electron chi connectivity index (χ0n) is 46.5. The molecule has 0 aromatic heterocycles. The van der Waals surface area contributed by atoms with Crippen LogP contribution in [0.15, 0.2) is 121 Å². The average Bonchev–Trinajstić information content (AvgIpc) is 3.50. The Morgan fingerprint density at radius 1 is 0.300 bits per heavy atom. The first-order valence-corrected chi connectivity index (χ1v) is 28.6. The summed E-state index contributed by atoms with van der Waals surface area (Å²) in [5.74, 6) is 4.82. The summed E-state index contributed by atoms with van der Waals surface area (Å²) >= 11 is 0. The number of phenolic OH excluding ortho intramolecular Hbond substituents is 4. The summed E-state index contributed by atoms with van der Waals surface area (Å²) in [7, 11) is 0. The first-order valence-electron chi connectivity index (χ1n) is 28.6. The Morgan fingerprint density at radius 3 is 0.700 bits per heavy atom. The van der Waals surface area contributed by atoms with E-state index in [9.17, 15) is 20.4 Å². The number of phenols is 4. The molecular formula is C70H72O10. The molecule has 0 amide bonds. The fraction of sp³-hybridized carbons (Fsp3) is 0.314. The lowest BCUT2D eigenvalue weighted by molar-refractivity contribution is 0.296. The molecule has 10 heteroatoms. The Morgan fingerprint density at radius 2 is 0.500 bits per heavy atom. The normalized spacial score (nSPS) is 13.6. The maximum absolute atomic E-state index is 12.5. The predicted octanol–water partition coefficient (Wildman–Crippen LogP) is 14.5. The molecule has 0 unspecified atom stereocenters. The molecule has 0 radical (unpaired) electrons. The topological polar surface area (TPSA) is 136 Å². The van der Waals surface area contributed by atoms with Gasteiger partial charge in [0.1, 0.15) is 70.7 Å². The first-order chi connectivity index (χ1) is 39.1. The quantitative estimate of drug-likeness (QED) is 0.0936. The van der Waals surface area contributed by atoms with E-state index < -0.39 is 0 Å². The van der Waals surface area contributed by atoms with Crippen LogP contribution in [0.3, 0.4) is 0 Å². The SMILES string of the molecule is CCCOc1c2cc3cc1Cc1cccc(c1O)Cc1cc(cc(c1OCCC)Cc1cccc(c1O)C2)COc1cc2c(OCCC)c(c1)Cc1cccc(c1O)Cc1cc(cc(c1OCCC)Cc1cccc(c1O)C2)OC3. The van der Waals surface area contributed by atoms with E-state index in [-0.39, 0.29) is 36.2 Å². The standard InChI is InChI=1S/C70H72O10/c1-5-21-75-67-53-25-43-26-54(67)30-46-14-10-16-48(64(46)72)32-56-28-44(27-55(68(56)76-22-6-2)31-47-15-9-13-45(29-53)63(47)71)42-80-62-39-59-35-51-19-11-17-49(65(51)73)33-57-37-61(79-41-43)38-58(69(57)77-23-7-3)34-50-18-12-20-52(66(50)74)36-60(40-62)70(59)78-24-8-4/h9-20,25-28,37-40,71-74H,5-8,21-24,29-36,41-42H2,1-4H3. The molecule has 0 saturated heterocycles. The van der Waals surface area contributed by atoms with Crippen LogP contribution in [0, 0.1) is 0 Å². The van der Waals surface area contributed by atoms with Crippen molar-refractivity contribution in [1.29, 1.82) is 0 Å². The summed E-state index contributed by atoms with van der Waals surface area (Å²) < 4.78 is 40.8. The van der Waals surface area contributed by atoms with E-state index in [0.717, 1.165) is 137 Å². The maximum atomic E-state index is 12.5. The molecule has 80 heavy (non-hydrogen) atoms. The van der Waals surface area contributed by atoms with Crippen LogP contribution in [0.5, 0.6) is 57.5 Å². The van der Waals surface area contributed by atoms with E-state index in [2.05, 4.69) is 52.0 Å². The van der Waals surface area contributed by atoms with E-state index in [0.29, 0.717) is 101 Å². The Hall–Kier alpha value is -8.24. The molecule has 0 saturated carbocycles. The van der Waals surface area contributed by atoms with Gasteiger partial charge in [0.05, 0.1) is 26.4 Å². The van der Waals surface area contributed by atoms with Gasteiger partial charge >= 0.3 is 0 Å². The van der Waals surface area contributed by atoms with Gasteiger partial charge in [0, 0.05) is 73.6 Å². The van der Waals surface area contributed by atoms with E-state index in [4.69, 9.17) is 28.4 Å². The molecule has 4 aliphatic rings. The minimum atomic E-state index is 0.172. The average molecular weight is 1070 g/mol. The van der Waals surface area contributed by atoms with Crippen molar-refractivity contribution in [1.82, 2.24) is 0 Å². The number of ether oxygens (including phenoxy) is 6. The highest BCUT2D eigenvalue weighted by Crippen LogP contribution is 2.44. The van der Waals surface area contributed by atoms with Crippen molar-refractivity contribution in [2.45, 2.75) is 118 Å². The van der Waals surface area contributed by atoms with Crippen molar-refractivity contribution >= 4 is 0 Å². The highest BCUT2D eigenvalue weighted by molar-refractivity contribution is 5.60. The van der Waals surface area contributed by atoms with Gasteiger partial charge in [-0.25, -0.2) is 0 Å².